The summed E-state index contributed by atoms with van der Waals surface area (Å²) in [6.07, 6.45) is -4.44. The van der Waals surface area contributed by atoms with Gasteiger partial charge in [0.05, 0.1) is 28.3 Å². The maximum Gasteiger partial charge on any atom is 0.430 e. The molecule has 0 unspecified atom stereocenters. The second kappa shape index (κ2) is 12.9. The van der Waals surface area contributed by atoms with Crippen LogP contribution in [0.2, 0.25) is 20.1 Å². The van der Waals surface area contributed by atoms with Gasteiger partial charge >= 0.3 is 6.18 Å². The molecule has 0 spiro atoms. The lowest BCUT2D eigenvalue weighted by Crippen LogP contribution is -2.62. The predicted molar refractivity (Wildman–Crippen MR) is 156 cm³/mol. The van der Waals surface area contributed by atoms with Crippen LogP contribution < -0.4 is 5.32 Å². The number of anilines is 1. The van der Waals surface area contributed by atoms with Crippen LogP contribution in [0.1, 0.15) is 28.8 Å². The minimum absolute atomic E-state index is 0.0379. The zero-order chi connectivity index (χ0) is 31.0. The van der Waals surface area contributed by atoms with E-state index in [2.05, 4.69) is 10.2 Å². The highest BCUT2D eigenvalue weighted by Crippen LogP contribution is 2.43. The van der Waals surface area contributed by atoms with Crippen LogP contribution in [0.15, 0.2) is 30.3 Å². The number of carbonyl (C=O) groups is 2. The van der Waals surface area contributed by atoms with E-state index in [1.807, 2.05) is 0 Å². The number of likely N-dealkylation sites (tertiary alicyclic amines) is 2. The van der Waals surface area contributed by atoms with E-state index >= 15 is 0 Å². The minimum Gasteiger partial charge on any atom is -0.395 e. The molecule has 8 nitrogen and oxygen atoms in total. The molecule has 15 heteroatoms. The lowest BCUT2D eigenvalue weighted by Gasteiger charge is -2.48. The summed E-state index contributed by atoms with van der Waals surface area (Å²) in [6.45, 7) is 1.30. The topological polar surface area (TPSA) is 96.4 Å². The number of piperidine rings is 1. The zero-order valence-corrected chi connectivity index (χ0v) is 25.4. The van der Waals surface area contributed by atoms with Crippen molar-refractivity contribution in [1.82, 2.24) is 14.7 Å². The summed E-state index contributed by atoms with van der Waals surface area (Å²) in [5, 5.41) is 23.2. The molecule has 0 radical (unpaired) electrons. The van der Waals surface area contributed by atoms with Gasteiger partial charge in [-0.3, -0.25) is 14.5 Å². The molecule has 0 saturated carbocycles. The Labute approximate surface area is 260 Å². The molecule has 230 valence electrons. The van der Waals surface area contributed by atoms with Gasteiger partial charge in [0.25, 0.3) is 17.4 Å². The molecule has 2 saturated heterocycles. The summed E-state index contributed by atoms with van der Waals surface area (Å²) < 4.78 is 42.3. The molecule has 2 aliphatic rings. The monoisotopic (exact) mass is 670 g/mol. The number of benzene rings is 2. The van der Waals surface area contributed by atoms with Gasteiger partial charge in [0, 0.05) is 67.1 Å². The standard InChI is InChI=1S/C27H29Cl4F3N4O4/c1-36(6-7-39)24(40)23-21(30)11-18(12-22(23)31)35-19-13-38(14-19)20-2-4-37(5-3-20)25(41)26(42,27(32,33)34)15-8-16(28)10-17(29)9-15/h8-12,19-20,35,39,42H,2-7,13-14H2,1H3/t26-/m1/s1. The van der Waals surface area contributed by atoms with E-state index in [1.54, 1.807) is 12.1 Å². The Morgan fingerprint density at radius 1 is 1.00 bits per heavy atom. The highest BCUT2D eigenvalue weighted by Gasteiger charge is 2.62. The largest absolute Gasteiger partial charge is 0.430 e. The number of hydrogen-bond acceptors (Lipinski definition) is 6. The van der Waals surface area contributed by atoms with Gasteiger partial charge in [0.1, 0.15) is 0 Å². The number of alkyl halides is 3. The first-order valence-electron chi connectivity index (χ1n) is 13.1. The Balaban J connectivity index is 1.34. The van der Waals surface area contributed by atoms with Gasteiger partial charge in [-0.05, 0) is 43.2 Å². The van der Waals surface area contributed by atoms with Crippen molar-refractivity contribution in [2.45, 2.75) is 36.7 Å². The molecular formula is C27H29Cl4F3N4O4. The summed E-state index contributed by atoms with van der Waals surface area (Å²) in [5.74, 6) is -1.87. The molecule has 3 N–H and O–H groups in total. The first-order chi connectivity index (χ1) is 19.6. The lowest BCUT2D eigenvalue weighted by atomic mass is 9.89. The fraction of sp³-hybridized carbons (Fsp3) is 0.481. The van der Waals surface area contributed by atoms with E-state index < -0.39 is 29.2 Å². The Morgan fingerprint density at radius 3 is 2.05 bits per heavy atom. The quantitative estimate of drug-likeness (QED) is 0.370. The highest BCUT2D eigenvalue weighted by atomic mass is 35.5. The van der Waals surface area contributed by atoms with E-state index in [-0.39, 0.29) is 64.0 Å². The Hall–Kier alpha value is -1.99. The molecule has 0 aromatic heterocycles. The molecule has 4 rings (SSSR count). The van der Waals surface area contributed by atoms with Crippen LogP contribution >= 0.6 is 46.4 Å². The molecular weight excluding hydrogens is 643 g/mol. The van der Waals surface area contributed by atoms with Gasteiger partial charge in [0.15, 0.2) is 0 Å². The van der Waals surface area contributed by atoms with E-state index in [0.29, 0.717) is 31.6 Å². The maximum atomic E-state index is 14.1. The van der Waals surface area contributed by atoms with Crippen molar-refractivity contribution in [3.8, 4) is 0 Å². The summed E-state index contributed by atoms with van der Waals surface area (Å²) in [6, 6.07) is 6.29. The van der Waals surface area contributed by atoms with Gasteiger partial charge in [-0.2, -0.15) is 13.2 Å². The van der Waals surface area contributed by atoms with Crippen molar-refractivity contribution >= 4 is 63.9 Å². The molecule has 2 amide bonds. The van der Waals surface area contributed by atoms with Crippen molar-refractivity contribution in [3.63, 3.8) is 0 Å². The number of halogens is 7. The predicted octanol–water partition coefficient (Wildman–Crippen LogP) is 4.90. The molecule has 2 fully saturated rings. The summed E-state index contributed by atoms with van der Waals surface area (Å²) in [7, 11) is 1.53. The van der Waals surface area contributed by atoms with Crippen molar-refractivity contribution in [2.75, 3.05) is 51.7 Å². The molecule has 42 heavy (non-hydrogen) atoms. The number of rotatable bonds is 8. The number of carbonyl (C=O) groups excluding carboxylic acids is 2. The molecule has 0 bridgehead atoms. The van der Waals surface area contributed by atoms with Gasteiger partial charge in [-0.25, -0.2) is 0 Å². The maximum absolute atomic E-state index is 14.1. The number of likely N-dealkylation sites (N-methyl/N-ethyl adjacent to an activating group) is 1. The second-order valence-corrected chi connectivity index (χ2v) is 12.1. The van der Waals surface area contributed by atoms with Crippen LogP contribution in [0.3, 0.4) is 0 Å². The van der Waals surface area contributed by atoms with Gasteiger partial charge in [-0.1, -0.05) is 46.4 Å². The van der Waals surface area contributed by atoms with Crippen molar-refractivity contribution in [1.29, 1.82) is 0 Å². The average Bonchev–Trinajstić information content (AvgIpc) is 2.88. The third-order valence-electron chi connectivity index (χ3n) is 7.59. The van der Waals surface area contributed by atoms with Crippen LogP contribution in [0.5, 0.6) is 0 Å². The lowest BCUT2D eigenvalue weighted by molar-refractivity contribution is -0.262. The molecule has 0 aliphatic carbocycles. The summed E-state index contributed by atoms with van der Waals surface area (Å²) in [5.41, 5.74) is -3.74. The summed E-state index contributed by atoms with van der Waals surface area (Å²) >= 11 is 24.4. The number of aliphatic hydroxyl groups excluding tert-OH is 1. The van der Waals surface area contributed by atoms with Crippen LogP contribution in [-0.2, 0) is 10.4 Å². The number of nitrogens with one attached hydrogen (secondary N) is 1. The number of hydrogen-bond donors (Lipinski definition) is 3. The highest BCUT2D eigenvalue weighted by molar-refractivity contribution is 6.40. The van der Waals surface area contributed by atoms with E-state index in [1.165, 1.54) is 18.0 Å². The molecule has 2 aliphatic heterocycles. The van der Waals surface area contributed by atoms with Gasteiger partial charge < -0.3 is 25.3 Å². The fourth-order valence-corrected chi connectivity index (χ4v) is 6.45. The van der Waals surface area contributed by atoms with Crippen LogP contribution in [0.4, 0.5) is 18.9 Å². The number of amides is 2. The van der Waals surface area contributed by atoms with Crippen molar-refractivity contribution in [2.24, 2.45) is 0 Å². The molecule has 2 aromatic carbocycles. The molecule has 1 atom stereocenters. The summed E-state index contributed by atoms with van der Waals surface area (Å²) in [4.78, 5) is 30.2. The van der Waals surface area contributed by atoms with Gasteiger partial charge in [0.2, 0.25) is 0 Å². The SMILES string of the molecule is CN(CCO)C(=O)c1c(Cl)cc(NC2CN(C3CCN(C(=O)[C@](O)(c4cc(Cl)cc(Cl)c4)C(F)(F)F)CC3)C2)cc1Cl. The minimum atomic E-state index is -5.29. The first-order valence-corrected chi connectivity index (χ1v) is 14.6. The fourth-order valence-electron chi connectivity index (χ4n) is 5.28. The van der Waals surface area contributed by atoms with Crippen LogP contribution in [-0.4, -0.2) is 101 Å². The zero-order valence-electron chi connectivity index (χ0n) is 22.4. The van der Waals surface area contributed by atoms with E-state index in [0.717, 1.165) is 17.0 Å². The van der Waals surface area contributed by atoms with Crippen LogP contribution in [0.25, 0.3) is 0 Å². The third-order valence-corrected chi connectivity index (χ3v) is 8.62. The second-order valence-electron chi connectivity index (χ2n) is 10.5. The smallest absolute Gasteiger partial charge is 0.395 e. The van der Waals surface area contributed by atoms with E-state index in [4.69, 9.17) is 51.5 Å². The average molecular weight is 672 g/mol. The first kappa shape index (κ1) is 32.9. The van der Waals surface area contributed by atoms with Gasteiger partial charge in [-0.15, -0.1) is 0 Å². The normalized spacial score (nSPS) is 18.4. The molecule has 2 aromatic rings. The van der Waals surface area contributed by atoms with E-state index in [9.17, 15) is 27.9 Å². The van der Waals surface area contributed by atoms with Crippen molar-refractivity contribution < 1.29 is 33.0 Å². The molecule has 2 heterocycles. The third kappa shape index (κ3) is 6.72. The Bertz CT molecular complexity index is 1290. The number of nitrogens with zero attached hydrogens (tertiary/aromatic N) is 3. The Kier molecular flexibility index (Phi) is 10.1. The Morgan fingerprint density at radius 2 is 1.55 bits per heavy atom. The number of aliphatic hydroxyl groups is 2. The van der Waals surface area contributed by atoms with Crippen LogP contribution in [0, 0.1) is 0 Å². The van der Waals surface area contributed by atoms with Crippen molar-refractivity contribution in [3.05, 3.63) is 61.5 Å².